The standard InChI is InChI=1S/C30H29Cl4NO7/c1-2-39-23-8-4-20(5-9-23)22(19-35(37)38)16-28(36)21-6-10-24(11-7-21)40-13-3-14-42-30-26(31)17-25(18-27(30)32)41-15-12-29(33)34/h4-12,17-18,22H,2-3,13-16,19H2,1H3. The van der Waals surface area contributed by atoms with E-state index in [9.17, 15) is 14.9 Å². The SMILES string of the molecule is CCOc1ccc(C(CC(=O)c2ccc(OCCCOc3c(Cl)cc(OCC=C(Cl)Cl)cc3Cl)cc2)C[N+](=O)[O-])cc1. The van der Waals surface area contributed by atoms with Crippen LogP contribution in [0.15, 0.2) is 71.2 Å². The van der Waals surface area contributed by atoms with Crippen LogP contribution in [0.3, 0.4) is 0 Å². The van der Waals surface area contributed by atoms with Gasteiger partial charge in [0.05, 0.1) is 35.8 Å². The summed E-state index contributed by atoms with van der Waals surface area (Å²) in [7, 11) is 0. The zero-order valence-corrected chi connectivity index (χ0v) is 25.7. The van der Waals surface area contributed by atoms with Crippen LogP contribution in [-0.4, -0.2) is 43.7 Å². The summed E-state index contributed by atoms with van der Waals surface area (Å²) < 4.78 is 22.5. The molecule has 3 aromatic rings. The van der Waals surface area contributed by atoms with E-state index >= 15 is 0 Å². The van der Waals surface area contributed by atoms with Crippen LogP contribution in [0.1, 0.15) is 41.6 Å². The van der Waals surface area contributed by atoms with Crippen molar-refractivity contribution < 1.29 is 28.7 Å². The number of nitrogens with zero attached hydrogens (tertiary/aromatic N) is 1. The highest BCUT2D eigenvalue weighted by Crippen LogP contribution is 2.37. The first-order valence-electron chi connectivity index (χ1n) is 13.0. The van der Waals surface area contributed by atoms with E-state index < -0.39 is 10.8 Å². The number of carbonyl (C=O) groups is 1. The second kappa shape index (κ2) is 17.1. The Morgan fingerprint density at radius 2 is 1.48 bits per heavy atom. The van der Waals surface area contributed by atoms with Crippen LogP contribution in [0.2, 0.25) is 10.0 Å². The van der Waals surface area contributed by atoms with Gasteiger partial charge in [0, 0.05) is 35.5 Å². The molecule has 3 aromatic carbocycles. The molecule has 42 heavy (non-hydrogen) atoms. The average molecular weight is 657 g/mol. The van der Waals surface area contributed by atoms with Crippen molar-refractivity contribution in [3.63, 3.8) is 0 Å². The highest BCUT2D eigenvalue weighted by Gasteiger charge is 2.22. The minimum atomic E-state index is -0.558. The summed E-state index contributed by atoms with van der Waals surface area (Å²) in [4.78, 5) is 23.8. The maximum atomic E-state index is 12.9. The summed E-state index contributed by atoms with van der Waals surface area (Å²) in [6.45, 7) is 2.84. The maximum absolute atomic E-state index is 12.9. The van der Waals surface area contributed by atoms with Gasteiger partial charge in [0.15, 0.2) is 11.5 Å². The summed E-state index contributed by atoms with van der Waals surface area (Å²) in [5.74, 6) is 1.27. The lowest BCUT2D eigenvalue weighted by molar-refractivity contribution is -0.483. The van der Waals surface area contributed by atoms with E-state index in [1.807, 2.05) is 6.92 Å². The molecule has 1 atom stereocenters. The van der Waals surface area contributed by atoms with E-state index in [0.717, 1.165) is 0 Å². The summed E-state index contributed by atoms with van der Waals surface area (Å²) in [6, 6.07) is 16.9. The number of hydrogen-bond donors (Lipinski definition) is 0. The van der Waals surface area contributed by atoms with Gasteiger partial charge in [-0.3, -0.25) is 14.9 Å². The second-order valence-electron chi connectivity index (χ2n) is 8.94. The van der Waals surface area contributed by atoms with Gasteiger partial charge in [0.25, 0.3) is 0 Å². The van der Waals surface area contributed by atoms with E-state index in [4.69, 9.17) is 65.4 Å². The van der Waals surface area contributed by atoms with Gasteiger partial charge in [0.1, 0.15) is 28.3 Å². The van der Waals surface area contributed by atoms with Gasteiger partial charge in [-0.15, -0.1) is 0 Å². The first-order valence-corrected chi connectivity index (χ1v) is 14.5. The first-order chi connectivity index (χ1) is 20.2. The molecule has 1 unspecified atom stereocenters. The summed E-state index contributed by atoms with van der Waals surface area (Å²) in [5.41, 5.74) is 1.16. The minimum Gasteiger partial charge on any atom is -0.494 e. The van der Waals surface area contributed by atoms with Crippen LogP contribution in [0.4, 0.5) is 0 Å². The third-order valence-electron chi connectivity index (χ3n) is 5.90. The monoisotopic (exact) mass is 655 g/mol. The minimum absolute atomic E-state index is 0.00352. The number of ketones is 1. The van der Waals surface area contributed by atoms with Crippen molar-refractivity contribution in [2.75, 3.05) is 33.0 Å². The average Bonchev–Trinajstić information content (AvgIpc) is 2.94. The third-order valence-corrected chi connectivity index (χ3v) is 6.77. The Morgan fingerprint density at radius 1 is 0.881 bits per heavy atom. The summed E-state index contributed by atoms with van der Waals surface area (Å²) >= 11 is 23.7. The van der Waals surface area contributed by atoms with Gasteiger partial charge in [-0.2, -0.15) is 0 Å². The quantitative estimate of drug-likeness (QED) is 0.0621. The van der Waals surface area contributed by atoms with Crippen molar-refractivity contribution in [1.82, 2.24) is 0 Å². The van der Waals surface area contributed by atoms with Crippen molar-refractivity contribution >= 4 is 52.2 Å². The predicted molar refractivity (Wildman–Crippen MR) is 165 cm³/mol. The Labute approximate surface area is 264 Å². The van der Waals surface area contributed by atoms with E-state index in [0.29, 0.717) is 70.4 Å². The largest absolute Gasteiger partial charge is 0.494 e. The van der Waals surface area contributed by atoms with Gasteiger partial charge in [-0.05, 0) is 55.0 Å². The Balaban J connectivity index is 1.47. The van der Waals surface area contributed by atoms with Crippen LogP contribution in [0, 0.1) is 10.1 Å². The number of rotatable bonds is 17. The molecule has 0 heterocycles. The molecule has 0 aliphatic rings. The molecule has 3 rings (SSSR count). The molecule has 0 saturated carbocycles. The molecule has 0 aromatic heterocycles. The fraction of sp³-hybridized carbons (Fsp3) is 0.300. The van der Waals surface area contributed by atoms with Crippen LogP contribution in [0.25, 0.3) is 0 Å². The van der Waals surface area contributed by atoms with Crippen LogP contribution in [-0.2, 0) is 0 Å². The van der Waals surface area contributed by atoms with Gasteiger partial charge >= 0.3 is 0 Å². The number of nitro groups is 1. The molecule has 0 aliphatic carbocycles. The van der Waals surface area contributed by atoms with Crippen molar-refractivity contribution in [2.24, 2.45) is 0 Å². The predicted octanol–water partition coefficient (Wildman–Crippen LogP) is 8.57. The number of Topliss-reactive ketones (excluding diaryl/α,β-unsaturated/α-hetero) is 1. The molecule has 224 valence electrons. The molecule has 0 N–H and O–H groups in total. The van der Waals surface area contributed by atoms with Crippen molar-refractivity contribution in [1.29, 1.82) is 0 Å². The van der Waals surface area contributed by atoms with E-state index in [1.54, 1.807) is 60.7 Å². The molecule has 8 nitrogen and oxygen atoms in total. The molecular formula is C30H29Cl4NO7. The highest BCUT2D eigenvalue weighted by molar-refractivity contribution is 6.55. The Kier molecular flexibility index (Phi) is 13.5. The number of hydrogen-bond acceptors (Lipinski definition) is 7. The summed E-state index contributed by atoms with van der Waals surface area (Å²) in [6.07, 6.45) is 2.03. The Hall–Kier alpha value is -3.17. The van der Waals surface area contributed by atoms with Crippen molar-refractivity contribution in [2.45, 2.75) is 25.7 Å². The van der Waals surface area contributed by atoms with Crippen molar-refractivity contribution in [3.05, 3.63) is 103 Å². The molecule has 0 bridgehead atoms. The lowest BCUT2D eigenvalue weighted by atomic mass is 9.91. The first kappa shape index (κ1) is 33.3. The van der Waals surface area contributed by atoms with Crippen LogP contribution in [0.5, 0.6) is 23.0 Å². The zero-order valence-electron chi connectivity index (χ0n) is 22.7. The van der Waals surface area contributed by atoms with Gasteiger partial charge in [-0.1, -0.05) is 58.5 Å². The second-order valence-corrected chi connectivity index (χ2v) is 10.8. The maximum Gasteiger partial charge on any atom is 0.211 e. The zero-order chi connectivity index (χ0) is 30.5. The third kappa shape index (κ3) is 10.9. The summed E-state index contributed by atoms with van der Waals surface area (Å²) in [5, 5.41) is 11.8. The highest BCUT2D eigenvalue weighted by atomic mass is 35.5. The number of carbonyl (C=O) groups excluding carboxylic acids is 1. The molecule has 0 radical (unpaired) electrons. The molecule has 0 amide bonds. The number of benzene rings is 3. The molecule has 12 heteroatoms. The van der Waals surface area contributed by atoms with Gasteiger partial charge in [-0.25, -0.2) is 0 Å². The van der Waals surface area contributed by atoms with Crippen LogP contribution >= 0.6 is 46.4 Å². The molecule has 0 fully saturated rings. The van der Waals surface area contributed by atoms with E-state index in [1.165, 1.54) is 6.08 Å². The fourth-order valence-corrected chi connectivity index (χ4v) is 4.63. The molecular weight excluding hydrogens is 628 g/mol. The number of ether oxygens (including phenoxy) is 4. The topological polar surface area (TPSA) is 97.1 Å². The van der Waals surface area contributed by atoms with Crippen LogP contribution < -0.4 is 18.9 Å². The van der Waals surface area contributed by atoms with E-state index in [2.05, 4.69) is 0 Å². The lowest BCUT2D eigenvalue weighted by Crippen LogP contribution is -2.16. The molecule has 0 saturated heterocycles. The van der Waals surface area contributed by atoms with E-state index in [-0.39, 0.29) is 29.8 Å². The number of halogens is 4. The van der Waals surface area contributed by atoms with Crippen molar-refractivity contribution in [3.8, 4) is 23.0 Å². The lowest BCUT2D eigenvalue weighted by Gasteiger charge is -2.14. The smallest absolute Gasteiger partial charge is 0.211 e. The normalized spacial score (nSPS) is 11.4. The van der Waals surface area contributed by atoms with Gasteiger partial charge in [0.2, 0.25) is 6.54 Å². The Bertz CT molecular complexity index is 1340. The molecule has 0 aliphatic heterocycles. The molecule has 0 spiro atoms. The van der Waals surface area contributed by atoms with Gasteiger partial charge < -0.3 is 18.9 Å². The Morgan fingerprint density at radius 3 is 2.07 bits per heavy atom. The fourth-order valence-electron chi connectivity index (χ4n) is 3.93.